The molecule has 2 aromatic rings. The van der Waals surface area contributed by atoms with Crippen LogP contribution in [0.5, 0.6) is 0 Å². The Morgan fingerprint density at radius 1 is 1.18 bits per heavy atom. The van der Waals surface area contributed by atoms with Gasteiger partial charge in [-0.05, 0) is 55.9 Å². The molecule has 34 heavy (non-hydrogen) atoms. The maximum atomic E-state index is 15.7. The van der Waals surface area contributed by atoms with E-state index in [0.717, 1.165) is 37.5 Å². The van der Waals surface area contributed by atoms with E-state index in [4.69, 9.17) is 4.74 Å². The third kappa shape index (κ3) is 3.93. The van der Waals surface area contributed by atoms with E-state index in [1.54, 1.807) is 12.1 Å². The molecule has 3 fully saturated rings. The summed E-state index contributed by atoms with van der Waals surface area (Å²) in [6, 6.07) is 7.09. The summed E-state index contributed by atoms with van der Waals surface area (Å²) in [5, 5.41) is 2.96. The number of halogens is 3. The molecular weight excluding hydrogens is 445 g/mol. The molecule has 1 saturated carbocycles. The zero-order valence-corrected chi connectivity index (χ0v) is 19.0. The highest BCUT2D eigenvalue weighted by Crippen LogP contribution is 2.43. The minimum atomic E-state index is -0.787. The van der Waals surface area contributed by atoms with Crippen molar-refractivity contribution in [1.29, 1.82) is 0 Å². The van der Waals surface area contributed by atoms with Gasteiger partial charge in [0.25, 0.3) is 0 Å². The van der Waals surface area contributed by atoms with Crippen LogP contribution in [0.3, 0.4) is 0 Å². The fraction of sp³-hybridized carbons (Fsp3) is 0.462. The van der Waals surface area contributed by atoms with Crippen molar-refractivity contribution in [2.24, 2.45) is 5.92 Å². The number of hydrogen-bond acceptors (Lipinski definition) is 3. The molecule has 5 nitrogen and oxygen atoms in total. The van der Waals surface area contributed by atoms with Crippen molar-refractivity contribution in [3.63, 3.8) is 0 Å². The normalized spacial score (nSPS) is 26.8. The van der Waals surface area contributed by atoms with E-state index in [0.29, 0.717) is 18.4 Å². The number of likely N-dealkylation sites (tertiary alicyclic amines) is 1. The van der Waals surface area contributed by atoms with Gasteiger partial charge >= 0.3 is 6.09 Å². The van der Waals surface area contributed by atoms with Crippen molar-refractivity contribution < 1.29 is 27.5 Å². The van der Waals surface area contributed by atoms with Crippen LogP contribution in [0, 0.1) is 23.4 Å². The predicted octanol–water partition coefficient (Wildman–Crippen LogP) is 4.97. The second kappa shape index (κ2) is 8.64. The van der Waals surface area contributed by atoms with E-state index in [1.807, 2.05) is 11.8 Å². The summed E-state index contributed by atoms with van der Waals surface area (Å²) >= 11 is 0. The Morgan fingerprint density at radius 2 is 1.91 bits per heavy atom. The third-order valence-electron chi connectivity index (χ3n) is 7.61. The molecule has 3 aliphatic rings. The van der Waals surface area contributed by atoms with Crippen molar-refractivity contribution in [1.82, 2.24) is 10.2 Å². The van der Waals surface area contributed by atoms with Crippen LogP contribution in [0.2, 0.25) is 0 Å². The topological polar surface area (TPSA) is 58.6 Å². The Kier molecular flexibility index (Phi) is 5.78. The number of cyclic esters (lactones) is 1. The first-order chi connectivity index (χ1) is 16.3. The van der Waals surface area contributed by atoms with Gasteiger partial charge in [0.15, 0.2) is 0 Å². The van der Waals surface area contributed by atoms with E-state index >= 15 is 4.39 Å². The molecule has 2 aliphatic heterocycles. The van der Waals surface area contributed by atoms with Crippen LogP contribution in [0.15, 0.2) is 36.4 Å². The average Bonchev–Trinajstić information content (AvgIpc) is 2.97. The molecule has 1 spiro atoms. The number of benzene rings is 2. The molecule has 1 N–H and O–H groups in total. The van der Waals surface area contributed by atoms with Crippen molar-refractivity contribution in [3.8, 4) is 11.1 Å². The van der Waals surface area contributed by atoms with Gasteiger partial charge in [0.2, 0.25) is 5.91 Å². The highest BCUT2D eigenvalue weighted by atomic mass is 19.1. The molecule has 0 unspecified atom stereocenters. The highest BCUT2D eigenvalue weighted by Gasteiger charge is 2.55. The average molecular weight is 473 g/mol. The first-order valence-corrected chi connectivity index (χ1v) is 11.8. The second-order valence-electron chi connectivity index (χ2n) is 9.75. The number of ether oxygens (including phenoxy) is 1. The molecule has 1 aliphatic carbocycles. The molecule has 2 aromatic carbocycles. The van der Waals surface area contributed by atoms with Crippen LogP contribution < -0.4 is 5.32 Å². The van der Waals surface area contributed by atoms with Crippen LogP contribution in [0.25, 0.3) is 11.1 Å². The fourth-order valence-electron chi connectivity index (χ4n) is 5.77. The fourth-order valence-corrected chi connectivity index (χ4v) is 5.77. The van der Waals surface area contributed by atoms with Crippen molar-refractivity contribution >= 4 is 12.0 Å². The molecule has 2 heterocycles. The number of rotatable bonds is 4. The Balaban J connectivity index is 1.53. The highest BCUT2D eigenvalue weighted by molar-refractivity contribution is 5.81. The van der Waals surface area contributed by atoms with Gasteiger partial charge in [-0.3, -0.25) is 4.79 Å². The molecule has 2 saturated heterocycles. The zero-order valence-electron chi connectivity index (χ0n) is 19.0. The quantitative estimate of drug-likeness (QED) is 0.684. The molecular formula is C26H27F3N2O3. The number of carbonyl (C=O) groups is 2. The van der Waals surface area contributed by atoms with Crippen LogP contribution in [-0.2, 0) is 16.0 Å². The van der Waals surface area contributed by atoms with E-state index in [1.165, 1.54) is 6.07 Å². The molecule has 2 amide bonds. The number of carbonyl (C=O) groups excluding carboxylic acids is 2. The molecule has 3 atom stereocenters. The van der Waals surface area contributed by atoms with E-state index in [-0.39, 0.29) is 42.0 Å². The van der Waals surface area contributed by atoms with E-state index < -0.39 is 35.1 Å². The molecule has 0 radical (unpaired) electrons. The summed E-state index contributed by atoms with van der Waals surface area (Å²) in [6.07, 6.45) is 3.39. The summed E-state index contributed by atoms with van der Waals surface area (Å²) < 4.78 is 48.4. The summed E-state index contributed by atoms with van der Waals surface area (Å²) in [5.41, 5.74) is -0.202. The molecule has 180 valence electrons. The smallest absolute Gasteiger partial charge is 0.407 e. The maximum Gasteiger partial charge on any atom is 0.407 e. The molecule has 0 aromatic heterocycles. The lowest BCUT2D eigenvalue weighted by Crippen LogP contribution is -2.62. The monoisotopic (exact) mass is 472 g/mol. The number of alkyl carbamates (subject to hydrolysis) is 1. The standard InChI is InChI=1S/C26H27F3N2O3/c1-15-14-26(8-9-34-25(33)30-26)22(31(15)24(32)16-4-2-5-16)12-17-6-3-7-21(23(17)29)18-10-19(27)13-20(28)11-18/h3,6-7,10-11,13,15-16,22H,2,4-5,8-9,12,14H2,1H3,(H,30,33)/t15-,22+,26+/m1/s1. The minimum absolute atomic E-state index is 0.0397. The zero-order chi connectivity index (χ0) is 24.0. The number of amides is 2. The number of nitrogens with one attached hydrogen (secondary N) is 1. The number of hydrogen-bond donors (Lipinski definition) is 1. The molecule has 5 rings (SSSR count). The lowest BCUT2D eigenvalue weighted by molar-refractivity contribution is -0.141. The van der Waals surface area contributed by atoms with Crippen molar-refractivity contribution in [3.05, 3.63) is 59.4 Å². The van der Waals surface area contributed by atoms with Gasteiger partial charge in [-0.25, -0.2) is 18.0 Å². The summed E-state index contributed by atoms with van der Waals surface area (Å²) in [6.45, 7) is 2.19. The largest absolute Gasteiger partial charge is 0.449 e. The second-order valence-corrected chi connectivity index (χ2v) is 9.75. The Labute approximate surface area is 196 Å². The van der Waals surface area contributed by atoms with Gasteiger partial charge in [-0.2, -0.15) is 0 Å². The van der Waals surface area contributed by atoms with Crippen molar-refractivity contribution in [2.45, 2.75) is 63.1 Å². The van der Waals surface area contributed by atoms with Crippen molar-refractivity contribution in [2.75, 3.05) is 6.61 Å². The van der Waals surface area contributed by atoms with Gasteiger partial charge in [-0.15, -0.1) is 0 Å². The molecule has 8 heteroatoms. The Hall–Kier alpha value is -3.03. The van der Waals surface area contributed by atoms with Gasteiger partial charge in [0.05, 0.1) is 18.2 Å². The number of nitrogens with zero attached hydrogens (tertiary/aromatic N) is 1. The van der Waals surface area contributed by atoms with E-state index in [9.17, 15) is 18.4 Å². The van der Waals surface area contributed by atoms with Gasteiger partial charge in [0.1, 0.15) is 17.5 Å². The van der Waals surface area contributed by atoms with E-state index in [2.05, 4.69) is 5.32 Å². The lowest BCUT2D eigenvalue weighted by atomic mass is 9.80. The first kappa shape index (κ1) is 22.7. The maximum absolute atomic E-state index is 15.7. The summed E-state index contributed by atoms with van der Waals surface area (Å²) in [7, 11) is 0. The lowest BCUT2D eigenvalue weighted by Gasteiger charge is -2.42. The minimum Gasteiger partial charge on any atom is -0.449 e. The molecule has 0 bridgehead atoms. The Morgan fingerprint density at radius 3 is 2.56 bits per heavy atom. The SMILES string of the molecule is C[C@@H]1C[C@@]2(CCOC(=O)N2)[C@H](Cc2cccc(-c3cc(F)cc(F)c3)c2F)N1C(=O)C1CCC1. The van der Waals surface area contributed by atoms with Crippen LogP contribution in [0.1, 0.15) is 44.6 Å². The third-order valence-corrected chi connectivity index (χ3v) is 7.61. The van der Waals surface area contributed by atoms with Crippen LogP contribution in [0.4, 0.5) is 18.0 Å². The van der Waals surface area contributed by atoms with Crippen LogP contribution in [-0.4, -0.2) is 41.1 Å². The Bertz CT molecular complexity index is 1120. The van der Waals surface area contributed by atoms with Gasteiger partial charge in [0, 0.05) is 30.0 Å². The predicted molar refractivity (Wildman–Crippen MR) is 119 cm³/mol. The van der Waals surface area contributed by atoms with Gasteiger partial charge in [-0.1, -0.05) is 24.6 Å². The van der Waals surface area contributed by atoms with Gasteiger partial charge < -0.3 is 15.0 Å². The summed E-state index contributed by atoms with van der Waals surface area (Å²) in [4.78, 5) is 27.4. The summed E-state index contributed by atoms with van der Waals surface area (Å²) in [5.74, 6) is -2.15. The first-order valence-electron chi connectivity index (χ1n) is 11.8. The van der Waals surface area contributed by atoms with Crippen LogP contribution >= 0.6 is 0 Å².